The van der Waals surface area contributed by atoms with E-state index in [1.807, 2.05) is 0 Å². The van der Waals surface area contributed by atoms with Crippen LogP contribution in [0.4, 0.5) is 34.1 Å². The number of hydrogen-bond donors (Lipinski definition) is 4. The number of nitrogens with one attached hydrogen (secondary N) is 4. The number of ketones is 2. The molecular formula is C42H30Cl8N8O6. The van der Waals surface area contributed by atoms with E-state index >= 15 is 0 Å². The fourth-order valence-electron chi connectivity index (χ4n) is 5.49. The molecule has 0 fully saturated rings. The van der Waals surface area contributed by atoms with Crippen molar-refractivity contribution in [2.75, 3.05) is 21.3 Å². The van der Waals surface area contributed by atoms with Gasteiger partial charge in [0.2, 0.25) is 12.1 Å². The van der Waals surface area contributed by atoms with Gasteiger partial charge in [-0.2, -0.15) is 20.5 Å². The van der Waals surface area contributed by atoms with E-state index in [2.05, 4.69) is 41.7 Å². The Kier molecular flexibility index (Phi) is 16.9. The van der Waals surface area contributed by atoms with Gasteiger partial charge in [0.25, 0.3) is 23.6 Å². The molecule has 22 heteroatoms. The smallest absolute Gasteiger partial charge is 0.258 e. The van der Waals surface area contributed by atoms with E-state index in [-0.39, 0.29) is 85.4 Å². The molecule has 0 aromatic heterocycles. The minimum Gasteiger partial charge on any atom is -0.324 e. The van der Waals surface area contributed by atoms with Crippen LogP contribution in [-0.4, -0.2) is 47.3 Å². The van der Waals surface area contributed by atoms with E-state index in [4.69, 9.17) is 92.8 Å². The molecule has 0 saturated carbocycles. The Bertz CT molecular complexity index is 2590. The lowest BCUT2D eigenvalue weighted by Gasteiger charge is -2.17. The molecule has 2 unspecified atom stereocenters. The van der Waals surface area contributed by atoms with Crippen LogP contribution >= 0.6 is 92.8 Å². The highest BCUT2D eigenvalue weighted by molar-refractivity contribution is 6.49. The number of nitrogens with zero attached hydrogens (tertiary/aromatic N) is 4. The van der Waals surface area contributed by atoms with Gasteiger partial charge >= 0.3 is 0 Å². The van der Waals surface area contributed by atoms with Gasteiger partial charge in [0.1, 0.15) is 11.4 Å². The number of benzene rings is 5. The zero-order valence-electron chi connectivity index (χ0n) is 33.3. The van der Waals surface area contributed by atoms with Crippen molar-refractivity contribution in [3.63, 3.8) is 0 Å². The molecule has 0 saturated heterocycles. The van der Waals surface area contributed by atoms with Crippen LogP contribution < -0.4 is 21.3 Å². The van der Waals surface area contributed by atoms with Gasteiger partial charge in [-0.15, -0.1) is 0 Å². The minimum atomic E-state index is -1.63. The largest absolute Gasteiger partial charge is 0.324 e. The highest BCUT2D eigenvalue weighted by Gasteiger charge is 2.27. The van der Waals surface area contributed by atoms with Crippen molar-refractivity contribution in [2.45, 2.75) is 39.8 Å². The fraction of sp³-hybridized carbons (Fsp3) is 0.143. The van der Waals surface area contributed by atoms with Crippen LogP contribution in [0.5, 0.6) is 0 Å². The molecule has 0 aliphatic heterocycles. The van der Waals surface area contributed by atoms with Gasteiger partial charge in [0.15, 0.2) is 11.6 Å². The van der Waals surface area contributed by atoms with Crippen LogP contribution in [0.25, 0.3) is 0 Å². The quantitative estimate of drug-likeness (QED) is 0.0484. The van der Waals surface area contributed by atoms with E-state index in [1.54, 1.807) is 13.8 Å². The third kappa shape index (κ3) is 12.3. The normalized spacial score (nSPS) is 12.2. The first-order valence-electron chi connectivity index (χ1n) is 18.2. The van der Waals surface area contributed by atoms with Crippen LogP contribution in [0.15, 0.2) is 93.3 Å². The molecule has 330 valence electrons. The van der Waals surface area contributed by atoms with Crippen LogP contribution in [0.3, 0.4) is 0 Å². The second kappa shape index (κ2) is 21.7. The summed E-state index contributed by atoms with van der Waals surface area (Å²) >= 11 is 48.9. The molecule has 0 aliphatic carbocycles. The van der Waals surface area contributed by atoms with Crippen molar-refractivity contribution in [3.05, 3.63) is 135 Å². The van der Waals surface area contributed by atoms with Gasteiger partial charge in [-0.3, -0.25) is 28.8 Å². The minimum absolute atomic E-state index is 0.0116. The molecule has 0 aliphatic rings. The van der Waals surface area contributed by atoms with Crippen LogP contribution in [-0.2, 0) is 19.2 Å². The molecule has 5 rings (SSSR count). The number of halogens is 8. The summed E-state index contributed by atoms with van der Waals surface area (Å²) in [4.78, 5) is 78.1. The average molecular weight is 1030 g/mol. The molecule has 4 N–H and O–H groups in total. The van der Waals surface area contributed by atoms with Crippen molar-refractivity contribution < 1.29 is 28.8 Å². The third-order valence-electron chi connectivity index (χ3n) is 9.03. The number of amides is 4. The van der Waals surface area contributed by atoms with E-state index in [0.29, 0.717) is 11.1 Å². The summed E-state index contributed by atoms with van der Waals surface area (Å²) in [6.07, 6.45) is 0. The predicted octanol–water partition coefficient (Wildman–Crippen LogP) is 13.4. The van der Waals surface area contributed by atoms with E-state index in [1.165, 1.54) is 72.8 Å². The van der Waals surface area contributed by atoms with E-state index < -0.39 is 47.3 Å². The maximum atomic E-state index is 13.4. The lowest BCUT2D eigenvalue weighted by molar-refractivity contribution is -0.127. The number of Topliss-reactive ketones (excluding diaryl/α,β-unsaturated/α-hetero) is 2. The van der Waals surface area contributed by atoms with E-state index in [9.17, 15) is 28.8 Å². The summed E-state index contributed by atoms with van der Waals surface area (Å²) in [5, 5.41) is 27.4. The number of carbonyl (C=O) groups is 6. The van der Waals surface area contributed by atoms with Gasteiger partial charge in [-0.1, -0.05) is 92.8 Å². The molecule has 64 heavy (non-hydrogen) atoms. The maximum absolute atomic E-state index is 13.4. The highest BCUT2D eigenvalue weighted by atomic mass is 35.5. The molecule has 14 nitrogen and oxygen atoms in total. The first-order valence-corrected chi connectivity index (χ1v) is 21.2. The summed E-state index contributed by atoms with van der Waals surface area (Å²) in [5.74, 6) is -4.16. The standard InChI is InChI=1S/C42H30Cl8N8O6/c1-17-18(2)32(54-42(64)38(20(4)60)58-56-34-12-22(6-8-26(34)44)40(62)52-24-15-29(47)36(50)30(48)16-24)10-9-31(17)53-41(63)37(19(3)59)57-55-33-11-21(5-7-25(33)43)39(61)51-23-13-27(45)35(49)28(46)14-23/h5-16,37-38H,1-4H3,(H,51,61)(H,52,62)(H,53,63)(H,54,64). The van der Waals surface area contributed by atoms with Gasteiger partial charge in [-0.05, 0) is 112 Å². The van der Waals surface area contributed by atoms with Gasteiger partial charge in [0, 0.05) is 33.9 Å². The summed E-state index contributed by atoms with van der Waals surface area (Å²) in [6, 6.07) is 13.6. The Morgan fingerprint density at radius 1 is 0.453 bits per heavy atom. The Labute approximate surface area is 405 Å². The lowest BCUT2D eigenvalue weighted by atomic mass is 10.0. The fourth-order valence-corrected chi connectivity index (χ4v) is 7.00. The van der Waals surface area contributed by atoms with Crippen molar-refractivity contribution in [1.82, 2.24) is 0 Å². The van der Waals surface area contributed by atoms with Crippen molar-refractivity contribution in [1.29, 1.82) is 0 Å². The molecule has 5 aromatic carbocycles. The van der Waals surface area contributed by atoms with Crippen LogP contribution in [0, 0.1) is 13.8 Å². The van der Waals surface area contributed by atoms with Crippen molar-refractivity contribution in [3.8, 4) is 0 Å². The molecule has 0 spiro atoms. The van der Waals surface area contributed by atoms with Crippen LogP contribution in [0.2, 0.25) is 40.2 Å². The zero-order valence-corrected chi connectivity index (χ0v) is 39.4. The first-order chi connectivity index (χ1) is 30.1. The molecule has 5 aromatic rings. The molecule has 2 atom stereocenters. The topological polar surface area (TPSA) is 200 Å². The molecule has 0 heterocycles. The number of rotatable bonds is 14. The summed E-state index contributed by atoms with van der Waals surface area (Å²) in [5.41, 5.74) is 2.23. The second-order valence-corrected chi connectivity index (χ2v) is 16.8. The highest BCUT2D eigenvalue weighted by Crippen LogP contribution is 2.36. The second-order valence-electron chi connectivity index (χ2n) is 13.6. The first kappa shape index (κ1) is 49.8. The number of azo groups is 2. The molecule has 0 radical (unpaired) electrons. The predicted molar refractivity (Wildman–Crippen MR) is 253 cm³/mol. The molecular weight excluding hydrogens is 996 g/mol. The average Bonchev–Trinajstić information content (AvgIpc) is 3.22. The third-order valence-corrected chi connectivity index (χ3v) is 12.1. The summed E-state index contributed by atoms with van der Waals surface area (Å²) < 4.78 is 0. The Morgan fingerprint density at radius 3 is 1.09 bits per heavy atom. The Morgan fingerprint density at radius 2 is 0.781 bits per heavy atom. The van der Waals surface area contributed by atoms with E-state index in [0.717, 1.165) is 13.8 Å². The van der Waals surface area contributed by atoms with Crippen molar-refractivity contribution >= 4 is 162 Å². The summed E-state index contributed by atoms with van der Waals surface area (Å²) in [6.45, 7) is 5.59. The number of hydrogen-bond acceptors (Lipinski definition) is 10. The van der Waals surface area contributed by atoms with Gasteiger partial charge in [0.05, 0.1) is 40.2 Å². The number of anilines is 4. The van der Waals surface area contributed by atoms with Crippen LogP contribution in [0.1, 0.15) is 45.7 Å². The lowest BCUT2D eigenvalue weighted by Crippen LogP contribution is -2.33. The van der Waals surface area contributed by atoms with Gasteiger partial charge in [-0.25, -0.2) is 0 Å². The monoisotopic (exact) mass is 1020 g/mol. The zero-order chi connectivity index (χ0) is 47.2. The Hall–Kier alpha value is -5.16. The molecule has 4 amide bonds. The summed E-state index contributed by atoms with van der Waals surface area (Å²) in [7, 11) is 0. The van der Waals surface area contributed by atoms with Gasteiger partial charge < -0.3 is 21.3 Å². The number of carbonyl (C=O) groups excluding carboxylic acids is 6. The van der Waals surface area contributed by atoms with Crippen molar-refractivity contribution in [2.24, 2.45) is 20.5 Å². The Balaban J connectivity index is 1.27. The molecule has 0 bridgehead atoms. The maximum Gasteiger partial charge on any atom is 0.258 e. The SMILES string of the molecule is CC(=O)C(N=Nc1cc(C(=O)Nc2cc(Cl)c(Cl)c(Cl)c2)ccc1Cl)C(=O)Nc1ccc(NC(=O)C(N=Nc2cc(C(=O)Nc3cc(Cl)c(Cl)c(Cl)c3)ccc2Cl)C(C)=O)c(C)c1C.